The lowest BCUT2D eigenvalue weighted by atomic mass is 9.43. The van der Waals surface area contributed by atoms with Gasteiger partial charge in [0.25, 0.3) is 5.91 Å². The summed E-state index contributed by atoms with van der Waals surface area (Å²) in [6.45, 7) is 16.3. The summed E-state index contributed by atoms with van der Waals surface area (Å²) in [5.41, 5.74) is 4.34. The highest BCUT2D eigenvalue weighted by Crippen LogP contribution is 2.72. The number of ether oxygens (including phenoxy) is 2. The Labute approximate surface area is 317 Å². The number of benzene rings is 1. The molecule has 1 aromatic rings. The van der Waals surface area contributed by atoms with Crippen LogP contribution in [0.4, 0.5) is 0 Å². The van der Waals surface area contributed by atoms with E-state index in [-0.39, 0.29) is 33.7 Å². The van der Waals surface area contributed by atoms with E-state index in [0.717, 1.165) is 44.9 Å². The number of hydroxylamine groups is 2. The van der Waals surface area contributed by atoms with E-state index in [0.29, 0.717) is 29.9 Å². The van der Waals surface area contributed by atoms with Gasteiger partial charge < -0.3 is 30.1 Å². The van der Waals surface area contributed by atoms with Crippen LogP contribution in [0.3, 0.4) is 0 Å². The molecule has 1 heterocycles. The van der Waals surface area contributed by atoms with Gasteiger partial charge in [0.15, 0.2) is 6.23 Å². The van der Waals surface area contributed by atoms with Gasteiger partial charge in [0.2, 0.25) is 0 Å². The number of aliphatic hydroxyl groups is 3. The average molecular weight is 739 g/mol. The van der Waals surface area contributed by atoms with Crippen molar-refractivity contribution in [2.24, 2.45) is 39.4 Å². The van der Waals surface area contributed by atoms with E-state index in [2.05, 4.69) is 46.9 Å². The van der Waals surface area contributed by atoms with E-state index < -0.39 is 43.1 Å². The molecule has 0 bridgehead atoms. The average Bonchev–Trinajstić information content (AvgIpc) is 3.41. The summed E-state index contributed by atoms with van der Waals surface area (Å²) >= 11 is 0. The number of rotatable bonds is 11. The van der Waals surface area contributed by atoms with Crippen LogP contribution in [0.5, 0.6) is 0 Å². The van der Waals surface area contributed by atoms with Crippen LogP contribution in [0, 0.1) is 39.4 Å². The molecule has 12 atom stereocenters. The van der Waals surface area contributed by atoms with Gasteiger partial charge in [0.05, 0.1) is 19.8 Å². The number of hydrogen-bond donors (Lipinski definition) is 4. The fraction of sp³-hybridized carbons (Fsp3) is 0.767. The van der Waals surface area contributed by atoms with Crippen LogP contribution >= 0.6 is 0 Å². The molecule has 53 heavy (non-hydrogen) atoms. The largest absolute Gasteiger partial charge is 0.462 e. The third kappa shape index (κ3) is 6.92. The molecule has 1 amide bonds. The molecule has 6 rings (SSSR count). The van der Waals surface area contributed by atoms with Gasteiger partial charge in [0, 0.05) is 24.4 Å². The van der Waals surface area contributed by atoms with Crippen LogP contribution in [0.25, 0.3) is 0 Å². The Kier molecular flexibility index (Phi) is 11.6. The third-order valence-corrected chi connectivity index (χ3v) is 15.5. The number of fused-ring (bicyclic) bond motifs is 4. The molecule has 1 saturated heterocycles. The minimum absolute atomic E-state index is 0.0215. The molecule has 296 valence electrons. The molecule has 10 heteroatoms. The number of hydrogen-bond acceptors (Lipinski definition) is 9. The molecule has 10 nitrogen and oxygen atoms in total. The monoisotopic (exact) mass is 738 g/mol. The number of nitrogens with zero attached hydrogens (tertiary/aromatic N) is 1. The predicted octanol–water partition coefficient (Wildman–Crippen LogP) is 6.18. The van der Waals surface area contributed by atoms with Gasteiger partial charge >= 0.3 is 5.97 Å². The second kappa shape index (κ2) is 15.3. The molecule has 0 radical (unpaired) electrons. The molecule has 1 unspecified atom stereocenters. The van der Waals surface area contributed by atoms with Crippen molar-refractivity contribution in [3.05, 3.63) is 47.0 Å². The van der Waals surface area contributed by atoms with Crippen molar-refractivity contribution in [1.29, 1.82) is 0 Å². The maximum absolute atomic E-state index is 13.2. The summed E-state index contributed by atoms with van der Waals surface area (Å²) in [6.07, 6.45) is 6.15. The van der Waals surface area contributed by atoms with E-state index in [1.165, 1.54) is 19.3 Å². The first kappa shape index (κ1) is 40.3. The van der Waals surface area contributed by atoms with Gasteiger partial charge in [-0.05, 0) is 110 Å². The fourth-order valence-corrected chi connectivity index (χ4v) is 12.4. The maximum atomic E-state index is 13.2. The standard InChI is InChI=1S/C43H66N2O8/c1-26(13-12-24-45(51-8)39-35(37(49)36(48)32(25-46)53-39)44-38(50)28-14-10-9-11-15-28)29-18-22-43(7)31-16-17-33-40(3,4)34(52-27(2)47)20-21-41(33,5)30(31)19-23-42(29,43)6/h9-11,14-15,26,29,32-37,39,46,48-49H,12-13,16-25H2,1-8H3,(H,44,50)/t26-,29-,32-,33+,34+,35-,36-,37-,39?,41-,42-,43+/m1/s1. The number of amides is 1. The topological polar surface area (TPSA) is 138 Å². The number of nitrogens with one attached hydrogen (secondary N) is 1. The van der Waals surface area contributed by atoms with Crippen LogP contribution < -0.4 is 5.32 Å². The minimum Gasteiger partial charge on any atom is -0.462 e. The number of carbonyl (C=O) groups excluding carboxylic acids is 2. The summed E-state index contributed by atoms with van der Waals surface area (Å²) in [4.78, 5) is 31.0. The van der Waals surface area contributed by atoms with E-state index in [4.69, 9.17) is 14.3 Å². The van der Waals surface area contributed by atoms with E-state index >= 15 is 0 Å². The van der Waals surface area contributed by atoms with E-state index in [1.54, 1.807) is 54.5 Å². The van der Waals surface area contributed by atoms with Crippen LogP contribution in [0.1, 0.15) is 123 Å². The van der Waals surface area contributed by atoms with Gasteiger partial charge in [-0.15, -0.1) is 0 Å². The number of allylic oxidation sites excluding steroid dienone is 2. The lowest BCUT2D eigenvalue weighted by molar-refractivity contribution is -0.304. The second-order valence-electron chi connectivity index (χ2n) is 18.4. The third-order valence-electron chi connectivity index (χ3n) is 15.5. The van der Waals surface area contributed by atoms with Crippen molar-refractivity contribution < 1.29 is 39.2 Å². The Bertz CT molecular complexity index is 1520. The molecule has 0 aromatic heterocycles. The summed E-state index contributed by atoms with van der Waals surface area (Å²) in [6, 6.07) is 7.73. The van der Waals surface area contributed by atoms with Crippen molar-refractivity contribution in [1.82, 2.24) is 10.4 Å². The number of carbonyl (C=O) groups is 2. The Balaban J connectivity index is 1.14. The first-order valence-corrected chi connectivity index (χ1v) is 20.2. The smallest absolute Gasteiger partial charge is 0.302 e. The van der Waals surface area contributed by atoms with Gasteiger partial charge in [-0.25, -0.2) is 0 Å². The summed E-state index contributed by atoms with van der Waals surface area (Å²) < 4.78 is 12.0. The lowest BCUT2D eigenvalue weighted by Gasteiger charge is -2.62. The highest BCUT2D eigenvalue weighted by molar-refractivity contribution is 5.94. The maximum Gasteiger partial charge on any atom is 0.302 e. The zero-order valence-corrected chi connectivity index (χ0v) is 33.4. The Morgan fingerprint density at radius 3 is 2.36 bits per heavy atom. The zero-order chi connectivity index (χ0) is 38.5. The SMILES string of the molecule is CON(CCC[C@@H](C)[C@H]1CC[C@@]2(C)C3=C(CC[C@]12C)[C@@]1(C)CC[C@H](OC(C)=O)C(C)(C)[C@@H]1CC3)C1O[C@H](CO)[C@@H](O)[C@H](O)[C@H]1NC(=O)c1ccccc1. The normalized spacial score (nSPS) is 39.8. The van der Waals surface area contributed by atoms with Crippen LogP contribution in [-0.4, -0.2) is 89.2 Å². The number of esters is 1. The molecule has 0 spiro atoms. The molecule has 1 aromatic carbocycles. The van der Waals surface area contributed by atoms with Crippen molar-refractivity contribution in [2.75, 3.05) is 20.3 Å². The van der Waals surface area contributed by atoms with E-state index in [9.17, 15) is 24.9 Å². The number of aliphatic hydroxyl groups excluding tert-OH is 3. The zero-order valence-electron chi connectivity index (χ0n) is 33.4. The molecule has 4 N–H and O–H groups in total. The second-order valence-corrected chi connectivity index (χ2v) is 18.4. The first-order valence-electron chi connectivity index (χ1n) is 20.2. The van der Waals surface area contributed by atoms with Crippen molar-refractivity contribution in [3.63, 3.8) is 0 Å². The molecular formula is C43H66N2O8. The highest BCUT2D eigenvalue weighted by Gasteiger charge is 2.63. The molecular weight excluding hydrogens is 672 g/mol. The molecule has 4 aliphatic carbocycles. The van der Waals surface area contributed by atoms with Crippen LogP contribution in [0.15, 0.2) is 41.5 Å². The van der Waals surface area contributed by atoms with Crippen molar-refractivity contribution >= 4 is 11.9 Å². The fourth-order valence-electron chi connectivity index (χ4n) is 12.4. The van der Waals surface area contributed by atoms with Crippen molar-refractivity contribution in [3.8, 4) is 0 Å². The summed E-state index contributed by atoms with van der Waals surface area (Å²) in [5.74, 6) is 0.991. The Hall–Kier alpha value is -2.34. The predicted molar refractivity (Wildman–Crippen MR) is 202 cm³/mol. The Morgan fingerprint density at radius 1 is 0.981 bits per heavy atom. The van der Waals surface area contributed by atoms with Crippen molar-refractivity contribution in [2.45, 2.75) is 149 Å². The highest BCUT2D eigenvalue weighted by atomic mass is 16.7. The first-order chi connectivity index (χ1) is 25.0. The summed E-state index contributed by atoms with van der Waals surface area (Å²) in [7, 11) is 1.55. The molecule has 1 aliphatic heterocycles. The van der Waals surface area contributed by atoms with Gasteiger partial charge in [-0.1, -0.05) is 70.9 Å². The van der Waals surface area contributed by atoms with Gasteiger partial charge in [0.1, 0.15) is 24.4 Å². The van der Waals surface area contributed by atoms with Gasteiger partial charge in [-0.2, -0.15) is 5.06 Å². The Morgan fingerprint density at radius 2 is 1.70 bits per heavy atom. The van der Waals surface area contributed by atoms with Gasteiger partial charge in [-0.3, -0.25) is 14.4 Å². The van der Waals surface area contributed by atoms with Crippen LogP contribution in [0.2, 0.25) is 0 Å². The quantitative estimate of drug-likeness (QED) is 0.119. The van der Waals surface area contributed by atoms with Crippen LogP contribution in [-0.2, 0) is 19.1 Å². The molecule has 5 aliphatic rings. The lowest BCUT2D eigenvalue weighted by Crippen LogP contribution is -2.68. The molecule has 2 saturated carbocycles. The van der Waals surface area contributed by atoms with E-state index in [1.807, 2.05) is 6.07 Å². The minimum atomic E-state index is -1.38. The molecule has 3 fully saturated rings. The summed E-state index contributed by atoms with van der Waals surface area (Å²) in [5, 5.41) is 36.3.